The van der Waals surface area contributed by atoms with Crippen LogP contribution in [-0.2, 0) is 9.59 Å². The normalized spacial score (nSPS) is 12.0. The van der Waals surface area contributed by atoms with Crippen molar-refractivity contribution in [2.24, 2.45) is 0 Å². The van der Waals surface area contributed by atoms with Crippen LogP contribution in [0.2, 0.25) is 5.15 Å². The number of aromatic nitrogens is 1. The van der Waals surface area contributed by atoms with Crippen LogP contribution >= 0.6 is 11.6 Å². The van der Waals surface area contributed by atoms with Gasteiger partial charge in [0.25, 0.3) is 5.91 Å². The van der Waals surface area contributed by atoms with E-state index in [0.717, 1.165) is 0 Å². The first-order valence-corrected chi connectivity index (χ1v) is 8.22. The molecule has 1 aromatic carbocycles. The number of pyridine rings is 1. The van der Waals surface area contributed by atoms with Crippen molar-refractivity contribution in [1.82, 2.24) is 10.3 Å². The van der Waals surface area contributed by atoms with Crippen LogP contribution in [0.5, 0.6) is 11.5 Å². The van der Waals surface area contributed by atoms with Gasteiger partial charge in [-0.2, -0.15) is 0 Å². The molecule has 1 atom stereocenters. The molecular formula is C17H17ClN2O7. The summed E-state index contributed by atoms with van der Waals surface area (Å²) in [6, 6.07) is 2.92. The van der Waals surface area contributed by atoms with Crippen molar-refractivity contribution >= 4 is 40.2 Å². The number of carbonyl (C=O) groups is 3. The van der Waals surface area contributed by atoms with Crippen molar-refractivity contribution in [2.75, 3.05) is 0 Å². The summed E-state index contributed by atoms with van der Waals surface area (Å²) in [5.74, 6) is -4.03. The number of aromatic hydroxyl groups is 1. The van der Waals surface area contributed by atoms with Gasteiger partial charge in [-0.3, -0.25) is 9.59 Å². The lowest BCUT2D eigenvalue weighted by atomic mass is 10.1. The molecule has 1 heterocycles. The van der Waals surface area contributed by atoms with Crippen LogP contribution in [0.3, 0.4) is 0 Å². The van der Waals surface area contributed by atoms with Gasteiger partial charge in [0.05, 0.1) is 12.5 Å². The number of halogens is 1. The van der Waals surface area contributed by atoms with E-state index in [4.69, 9.17) is 26.6 Å². The Labute approximate surface area is 158 Å². The Kier molecular flexibility index (Phi) is 6.06. The number of amides is 1. The molecule has 144 valence electrons. The van der Waals surface area contributed by atoms with Gasteiger partial charge < -0.3 is 25.4 Å². The van der Waals surface area contributed by atoms with E-state index in [1.807, 2.05) is 19.2 Å². The highest BCUT2D eigenvalue weighted by molar-refractivity contribution is 6.35. The third-order valence-corrected chi connectivity index (χ3v) is 3.76. The highest BCUT2D eigenvalue weighted by atomic mass is 35.5. The molecule has 2 aromatic rings. The number of hydrogen-bond acceptors (Lipinski definition) is 6. The standard InChI is InChI=1S/C17H17ClN2O7/c1-7(2)27-8-3-4-9-10(5-8)15(18)20-13(14(9)23)16(24)19-11(17(25)26)6-12(21)22/h3-5,7,11,23H,6H2,1-2H3,(H,19,24)(H,21,22)(H,25,26)/t11-/m1/s1. The molecule has 0 fully saturated rings. The number of fused-ring (bicyclic) bond motifs is 1. The molecule has 9 nitrogen and oxygen atoms in total. The van der Waals surface area contributed by atoms with Crippen LogP contribution in [0.1, 0.15) is 30.8 Å². The van der Waals surface area contributed by atoms with Gasteiger partial charge in [0.15, 0.2) is 11.4 Å². The minimum Gasteiger partial charge on any atom is -0.505 e. The number of carboxylic acids is 2. The Morgan fingerprint density at radius 1 is 1.22 bits per heavy atom. The third-order valence-electron chi connectivity index (χ3n) is 3.47. The van der Waals surface area contributed by atoms with E-state index >= 15 is 0 Å². The largest absolute Gasteiger partial charge is 0.505 e. The van der Waals surface area contributed by atoms with Gasteiger partial charge in [0, 0.05) is 10.8 Å². The maximum Gasteiger partial charge on any atom is 0.326 e. The van der Waals surface area contributed by atoms with Gasteiger partial charge in [-0.1, -0.05) is 11.6 Å². The zero-order valence-corrected chi connectivity index (χ0v) is 15.1. The molecule has 0 radical (unpaired) electrons. The summed E-state index contributed by atoms with van der Waals surface area (Å²) >= 11 is 6.10. The molecule has 2 rings (SSSR count). The Hall–Kier alpha value is -3.07. The zero-order chi connectivity index (χ0) is 20.3. The Bertz CT molecular complexity index is 914. The van der Waals surface area contributed by atoms with Crippen LogP contribution in [0.15, 0.2) is 18.2 Å². The van der Waals surface area contributed by atoms with Crippen molar-refractivity contribution in [2.45, 2.75) is 32.4 Å². The summed E-state index contributed by atoms with van der Waals surface area (Å²) < 4.78 is 5.54. The van der Waals surface area contributed by atoms with E-state index in [1.54, 1.807) is 12.1 Å². The SMILES string of the molecule is CC(C)Oc1ccc2c(O)c(C(=O)N[C@H](CC(=O)O)C(=O)O)nc(Cl)c2c1. The Balaban J connectivity index is 2.41. The number of carbonyl (C=O) groups excluding carboxylic acids is 1. The second-order valence-electron chi connectivity index (χ2n) is 5.94. The minimum atomic E-state index is -1.69. The Morgan fingerprint density at radius 2 is 1.89 bits per heavy atom. The van der Waals surface area contributed by atoms with Crippen LogP contribution in [0, 0.1) is 0 Å². The first-order chi connectivity index (χ1) is 12.6. The van der Waals surface area contributed by atoms with Crippen molar-refractivity contribution < 1.29 is 34.4 Å². The topological polar surface area (TPSA) is 146 Å². The molecule has 27 heavy (non-hydrogen) atoms. The molecule has 0 aliphatic heterocycles. The monoisotopic (exact) mass is 396 g/mol. The molecule has 0 aliphatic rings. The van der Waals surface area contributed by atoms with Gasteiger partial charge in [0.2, 0.25) is 0 Å². The van der Waals surface area contributed by atoms with E-state index in [-0.39, 0.29) is 16.6 Å². The number of rotatable bonds is 7. The average molecular weight is 397 g/mol. The molecule has 0 unspecified atom stereocenters. The van der Waals surface area contributed by atoms with E-state index < -0.39 is 41.8 Å². The third kappa shape index (κ3) is 4.76. The number of aliphatic carboxylic acids is 2. The van der Waals surface area contributed by atoms with E-state index in [9.17, 15) is 19.5 Å². The first-order valence-electron chi connectivity index (χ1n) is 7.84. The Morgan fingerprint density at radius 3 is 2.44 bits per heavy atom. The average Bonchev–Trinajstić information content (AvgIpc) is 2.56. The van der Waals surface area contributed by atoms with Gasteiger partial charge >= 0.3 is 11.9 Å². The van der Waals surface area contributed by atoms with Gasteiger partial charge in [0.1, 0.15) is 16.9 Å². The van der Waals surface area contributed by atoms with E-state index in [1.165, 1.54) is 6.07 Å². The van der Waals surface area contributed by atoms with Crippen molar-refractivity contribution in [1.29, 1.82) is 0 Å². The maximum absolute atomic E-state index is 12.3. The molecule has 1 aromatic heterocycles. The molecule has 0 saturated heterocycles. The number of benzene rings is 1. The lowest BCUT2D eigenvalue weighted by Gasteiger charge is -2.15. The summed E-state index contributed by atoms with van der Waals surface area (Å²) in [7, 11) is 0. The number of nitrogens with one attached hydrogen (secondary N) is 1. The summed E-state index contributed by atoms with van der Waals surface area (Å²) in [4.78, 5) is 37.9. The van der Waals surface area contributed by atoms with Crippen LogP contribution in [0.4, 0.5) is 0 Å². The van der Waals surface area contributed by atoms with Crippen molar-refractivity contribution in [3.8, 4) is 11.5 Å². The smallest absolute Gasteiger partial charge is 0.326 e. The number of hydrogen-bond donors (Lipinski definition) is 4. The summed E-state index contributed by atoms with van der Waals surface area (Å²) in [5.41, 5.74) is -0.512. The minimum absolute atomic E-state index is 0.0879. The quantitative estimate of drug-likeness (QED) is 0.520. The summed E-state index contributed by atoms with van der Waals surface area (Å²) in [6.45, 7) is 3.68. The van der Waals surface area contributed by atoms with Crippen LogP contribution in [0.25, 0.3) is 10.8 Å². The molecule has 0 spiro atoms. The van der Waals surface area contributed by atoms with E-state index in [0.29, 0.717) is 11.1 Å². The second kappa shape index (κ2) is 8.09. The fourth-order valence-electron chi connectivity index (χ4n) is 2.34. The molecule has 1 amide bonds. The van der Waals surface area contributed by atoms with Crippen molar-refractivity contribution in [3.05, 3.63) is 29.0 Å². The lowest BCUT2D eigenvalue weighted by molar-refractivity contribution is -0.145. The highest BCUT2D eigenvalue weighted by Gasteiger charge is 2.26. The number of carboxylic acid groups (broad SMARTS) is 2. The van der Waals surface area contributed by atoms with E-state index in [2.05, 4.69) is 4.98 Å². The maximum atomic E-state index is 12.3. The first kappa shape index (κ1) is 20.2. The zero-order valence-electron chi connectivity index (χ0n) is 14.4. The molecule has 10 heteroatoms. The van der Waals surface area contributed by atoms with Gasteiger partial charge in [-0.25, -0.2) is 9.78 Å². The van der Waals surface area contributed by atoms with Crippen molar-refractivity contribution in [3.63, 3.8) is 0 Å². The molecule has 4 N–H and O–H groups in total. The van der Waals surface area contributed by atoms with Crippen LogP contribution < -0.4 is 10.1 Å². The number of ether oxygens (including phenoxy) is 1. The fraction of sp³-hybridized carbons (Fsp3) is 0.294. The number of nitrogens with zero attached hydrogens (tertiary/aromatic N) is 1. The predicted molar refractivity (Wildman–Crippen MR) is 95.3 cm³/mol. The fourth-order valence-corrected chi connectivity index (χ4v) is 2.59. The molecular weight excluding hydrogens is 380 g/mol. The molecule has 0 saturated carbocycles. The molecule has 0 bridgehead atoms. The van der Waals surface area contributed by atoms with Crippen LogP contribution in [-0.4, -0.2) is 50.3 Å². The predicted octanol–water partition coefficient (Wildman–Crippen LogP) is 2.04. The lowest BCUT2D eigenvalue weighted by Crippen LogP contribution is -2.42. The summed E-state index contributed by atoms with van der Waals surface area (Å²) in [6.07, 6.45) is -0.922. The second-order valence-corrected chi connectivity index (χ2v) is 6.29. The molecule has 0 aliphatic carbocycles. The van der Waals surface area contributed by atoms with Gasteiger partial charge in [-0.05, 0) is 32.0 Å². The highest BCUT2D eigenvalue weighted by Crippen LogP contribution is 2.34. The van der Waals surface area contributed by atoms with Gasteiger partial charge in [-0.15, -0.1) is 0 Å². The summed E-state index contributed by atoms with van der Waals surface area (Å²) in [5, 5.41) is 30.6.